The Morgan fingerprint density at radius 2 is 1.73 bits per heavy atom. The van der Waals surface area contributed by atoms with E-state index in [1.165, 1.54) is 19.3 Å². The lowest BCUT2D eigenvalue weighted by atomic mass is 9.87. The molecule has 1 atom stereocenters. The van der Waals surface area contributed by atoms with Gasteiger partial charge in [0.25, 0.3) is 5.91 Å². The number of nitrogens with zero attached hydrogens (tertiary/aromatic N) is 2. The molecule has 3 aliphatic rings. The predicted octanol–water partition coefficient (Wildman–Crippen LogP) is 5.17. The quantitative estimate of drug-likeness (QED) is 0.607. The minimum Gasteiger partial charge on any atom is -0.488 e. The third kappa shape index (κ3) is 5.37. The molecule has 0 saturated carbocycles. The van der Waals surface area contributed by atoms with Gasteiger partial charge in [-0.15, -0.1) is 0 Å². The minimum absolute atomic E-state index is 0.0405. The van der Waals surface area contributed by atoms with Crippen molar-refractivity contribution in [2.75, 3.05) is 32.8 Å². The highest BCUT2D eigenvalue weighted by Crippen LogP contribution is 2.38. The van der Waals surface area contributed by atoms with E-state index >= 15 is 0 Å². The first-order valence-electron chi connectivity index (χ1n) is 12.3. The van der Waals surface area contributed by atoms with Crippen molar-refractivity contribution in [1.29, 1.82) is 0 Å². The van der Waals surface area contributed by atoms with Crippen molar-refractivity contribution in [2.45, 2.75) is 56.8 Å². The largest absolute Gasteiger partial charge is 0.488 e. The van der Waals surface area contributed by atoms with Gasteiger partial charge in [0.1, 0.15) is 11.9 Å². The molecule has 0 aliphatic carbocycles. The van der Waals surface area contributed by atoms with Crippen LogP contribution in [0.5, 0.6) is 5.75 Å². The van der Waals surface area contributed by atoms with Crippen molar-refractivity contribution in [2.24, 2.45) is 0 Å². The topological polar surface area (TPSA) is 42.0 Å². The second-order valence-electron chi connectivity index (χ2n) is 9.68. The molecule has 2 aromatic carbocycles. The summed E-state index contributed by atoms with van der Waals surface area (Å²) in [6.45, 7) is 5.17. The number of piperidine rings is 2. The fourth-order valence-electron chi connectivity index (χ4n) is 5.45. The number of carbonyl (C=O) groups excluding carboxylic acids is 1. The maximum atomic E-state index is 13.4. The van der Waals surface area contributed by atoms with Crippen molar-refractivity contribution < 1.29 is 14.3 Å². The third-order valence-corrected chi connectivity index (χ3v) is 7.60. The van der Waals surface area contributed by atoms with Crippen molar-refractivity contribution in [3.63, 3.8) is 0 Å². The molecule has 3 fully saturated rings. The molecule has 3 saturated heterocycles. The monoisotopic (exact) mass is 468 g/mol. The molecule has 0 aromatic heterocycles. The lowest BCUT2D eigenvalue weighted by molar-refractivity contribution is -0.0396. The maximum absolute atomic E-state index is 13.4. The highest BCUT2D eigenvalue weighted by Gasteiger charge is 2.44. The van der Waals surface area contributed by atoms with Gasteiger partial charge < -0.3 is 14.4 Å². The Morgan fingerprint density at radius 1 is 1.00 bits per heavy atom. The second kappa shape index (κ2) is 10.0. The van der Waals surface area contributed by atoms with E-state index in [4.69, 9.17) is 21.1 Å². The summed E-state index contributed by atoms with van der Waals surface area (Å²) in [5.41, 5.74) is 1.83. The maximum Gasteiger partial charge on any atom is 0.254 e. The Hall–Kier alpha value is -2.08. The first-order valence-corrected chi connectivity index (χ1v) is 12.6. The molecular weight excluding hydrogens is 436 g/mol. The molecule has 5 rings (SSSR count). The molecule has 0 N–H and O–H groups in total. The Morgan fingerprint density at radius 3 is 2.48 bits per heavy atom. The Labute approximate surface area is 201 Å². The van der Waals surface area contributed by atoms with Gasteiger partial charge >= 0.3 is 0 Å². The number of ether oxygens (including phenoxy) is 2. The smallest absolute Gasteiger partial charge is 0.254 e. The highest BCUT2D eigenvalue weighted by atomic mass is 35.5. The van der Waals surface area contributed by atoms with Crippen molar-refractivity contribution in [3.05, 3.63) is 64.7 Å². The molecule has 3 heterocycles. The molecule has 1 spiro atoms. The average molecular weight is 469 g/mol. The van der Waals surface area contributed by atoms with Gasteiger partial charge in [0.05, 0.1) is 12.2 Å². The van der Waals surface area contributed by atoms with Gasteiger partial charge in [-0.25, -0.2) is 0 Å². The third-order valence-electron chi connectivity index (χ3n) is 7.34. The molecule has 0 radical (unpaired) electrons. The SMILES string of the molecule is O=C(c1ccccc1CN1CCCCC1)N1CCC2(CC1)C[C@H](Oc1ccc(Cl)cc1)CO2. The lowest BCUT2D eigenvalue weighted by Crippen LogP contribution is -2.47. The highest BCUT2D eigenvalue weighted by molar-refractivity contribution is 6.30. The summed E-state index contributed by atoms with van der Waals surface area (Å²) in [5.74, 6) is 0.979. The van der Waals surface area contributed by atoms with E-state index in [1.54, 1.807) is 0 Å². The van der Waals surface area contributed by atoms with Gasteiger partial charge in [-0.05, 0) is 74.7 Å². The number of benzene rings is 2. The predicted molar refractivity (Wildman–Crippen MR) is 130 cm³/mol. The molecule has 3 aliphatic heterocycles. The standard InChI is InChI=1S/C27H33ClN2O3/c28-22-8-10-23(11-9-22)33-24-18-27(32-20-24)12-16-30(17-13-27)26(31)25-7-3-2-6-21(25)19-29-14-4-1-5-15-29/h2-3,6-11,24H,1,4-5,12-20H2/t24-/m0/s1. The van der Waals surface area contributed by atoms with E-state index in [2.05, 4.69) is 17.0 Å². The number of hydrogen-bond acceptors (Lipinski definition) is 4. The summed E-state index contributed by atoms with van der Waals surface area (Å²) >= 11 is 5.97. The van der Waals surface area contributed by atoms with Gasteiger partial charge in [-0.3, -0.25) is 9.69 Å². The Balaban J connectivity index is 1.17. The van der Waals surface area contributed by atoms with E-state index in [0.717, 1.165) is 68.9 Å². The second-order valence-corrected chi connectivity index (χ2v) is 10.1. The number of amides is 1. The van der Waals surface area contributed by atoms with Crippen molar-refractivity contribution in [1.82, 2.24) is 9.80 Å². The molecule has 5 nitrogen and oxygen atoms in total. The molecule has 6 heteroatoms. The van der Waals surface area contributed by atoms with Crippen LogP contribution in [0, 0.1) is 0 Å². The number of halogens is 1. The summed E-state index contributed by atoms with van der Waals surface area (Å²) in [6, 6.07) is 15.6. The molecule has 1 amide bonds. The Kier molecular flexibility index (Phi) is 6.91. The van der Waals surface area contributed by atoms with E-state index in [9.17, 15) is 4.79 Å². The molecule has 33 heavy (non-hydrogen) atoms. The van der Waals surface area contributed by atoms with Crippen LogP contribution >= 0.6 is 11.6 Å². The molecule has 0 bridgehead atoms. The van der Waals surface area contributed by atoms with Crippen LogP contribution in [0.25, 0.3) is 0 Å². The fourth-order valence-corrected chi connectivity index (χ4v) is 5.57. The first kappa shape index (κ1) is 22.7. The van der Waals surface area contributed by atoms with Crippen LogP contribution in [0.1, 0.15) is 54.4 Å². The van der Waals surface area contributed by atoms with Crippen molar-refractivity contribution >= 4 is 17.5 Å². The van der Waals surface area contributed by atoms with Crippen LogP contribution in [0.2, 0.25) is 5.02 Å². The zero-order valence-corrected chi connectivity index (χ0v) is 19.9. The molecule has 2 aromatic rings. The van der Waals surface area contributed by atoms with Gasteiger partial charge in [0.2, 0.25) is 0 Å². The van der Waals surface area contributed by atoms with Crippen LogP contribution in [0.3, 0.4) is 0 Å². The van der Waals surface area contributed by atoms with Crippen molar-refractivity contribution in [3.8, 4) is 5.75 Å². The normalized spacial score (nSPS) is 23.1. The first-order chi connectivity index (χ1) is 16.1. The summed E-state index contributed by atoms with van der Waals surface area (Å²) in [5, 5.41) is 0.705. The minimum atomic E-state index is -0.179. The van der Waals surface area contributed by atoms with Gasteiger partial charge in [-0.2, -0.15) is 0 Å². The van der Waals surface area contributed by atoms with Crippen LogP contribution in [0.4, 0.5) is 0 Å². The van der Waals surface area contributed by atoms with Crippen LogP contribution < -0.4 is 4.74 Å². The van der Waals surface area contributed by atoms with E-state index in [0.29, 0.717) is 11.6 Å². The zero-order valence-electron chi connectivity index (χ0n) is 19.2. The lowest BCUT2D eigenvalue weighted by Gasteiger charge is -2.39. The van der Waals surface area contributed by atoms with Crippen LogP contribution in [0.15, 0.2) is 48.5 Å². The summed E-state index contributed by atoms with van der Waals surface area (Å²) in [4.78, 5) is 17.9. The fraction of sp³-hybridized carbons (Fsp3) is 0.519. The van der Waals surface area contributed by atoms with Gasteiger partial charge in [0, 0.05) is 36.6 Å². The van der Waals surface area contributed by atoms with Crippen LogP contribution in [-0.4, -0.2) is 60.2 Å². The zero-order chi connectivity index (χ0) is 22.7. The number of hydrogen-bond donors (Lipinski definition) is 0. The average Bonchev–Trinajstić information content (AvgIpc) is 3.23. The Bertz CT molecular complexity index is 950. The summed E-state index contributed by atoms with van der Waals surface area (Å²) in [6.07, 6.45) is 6.45. The number of carbonyl (C=O) groups is 1. The molecule has 0 unspecified atom stereocenters. The summed E-state index contributed by atoms with van der Waals surface area (Å²) in [7, 11) is 0. The van der Waals surface area contributed by atoms with E-state index in [1.807, 2.05) is 41.3 Å². The molecule has 176 valence electrons. The number of likely N-dealkylation sites (tertiary alicyclic amines) is 2. The molecular formula is C27H33ClN2O3. The van der Waals surface area contributed by atoms with E-state index in [-0.39, 0.29) is 17.6 Å². The van der Waals surface area contributed by atoms with E-state index < -0.39 is 0 Å². The van der Waals surface area contributed by atoms with Gasteiger partial charge in [-0.1, -0.05) is 36.2 Å². The van der Waals surface area contributed by atoms with Crippen LogP contribution in [-0.2, 0) is 11.3 Å². The summed E-state index contributed by atoms with van der Waals surface area (Å²) < 4.78 is 12.4. The number of rotatable bonds is 5. The van der Waals surface area contributed by atoms with Gasteiger partial charge in [0.15, 0.2) is 0 Å².